The van der Waals surface area contributed by atoms with E-state index in [2.05, 4.69) is 10.5 Å². The second-order valence-corrected chi connectivity index (χ2v) is 6.74. The molecule has 1 N–H and O–H groups in total. The maximum atomic E-state index is 12.3. The van der Waals surface area contributed by atoms with Crippen molar-refractivity contribution in [3.63, 3.8) is 0 Å². The molecule has 0 fully saturated rings. The molecule has 0 spiro atoms. The molecule has 0 unspecified atom stereocenters. The third-order valence-electron chi connectivity index (χ3n) is 4.29. The number of amides is 1. The second-order valence-electron chi connectivity index (χ2n) is 6.30. The molecule has 4 rings (SSSR count). The zero-order valence-corrected chi connectivity index (χ0v) is 15.9. The zero-order chi connectivity index (χ0) is 20.2. The number of benzene rings is 3. The van der Waals surface area contributed by atoms with Crippen molar-refractivity contribution in [3.05, 3.63) is 105 Å². The Morgan fingerprint density at radius 2 is 1.76 bits per heavy atom. The highest BCUT2D eigenvalue weighted by molar-refractivity contribution is 6.30. The predicted octanol–water partition coefficient (Wildman–Crippen LogP) is 4.88. The Balaban J connectivity index is 1.50. The van der Waals surface area contributed by atoms with Gasteiger partial charge in [0.1, 0.15) is 11.3 Å². The molecular formula is C23H15ClN2O3. The molecule has 142 valence electrons. The summed E-state index contributed by atoms with van der Waals surface area (Å²) in [5, 5.41) is 5.07. The summed E-state index contributed by atoms with van der Waals surface area (Å²) in [7, 11) is 0. The Labute approximate surface area is 171 Å². The third-order valence-corrected chi connectivity index (χ3v) is 4.53. The monoisotopic (exact) mass is 402 g/mol. The molecule has 0 radical (unpaired) electrons. The SMILES string of the molecule is O=C(N/N=C/c1cccc(Cl)c1)c1ccc(-c2cc(=O)c3ccccc3o2)cc1. The molecule has 1 amide bonds. The summed E-state index contributed by atoms with van der Waals surface area (Å²) in [5.74, 6) is 0.0921. The maximum Gasteiger partial charge on any atom is 0.271 e. The number of nitrogens with zero attached hydrogens (tertiary/aromatic N) is 1. The first kappa shape index (κ1) is 18.7. The standard InChI is InChI=1S/C23H15ClN2O3/c24-18-5-3-4-15(12-18)14-25-26-23(28)17-10-8-16(9-11-17)22-13-20(27)19-6-1-2-7-21(19)29-22/h1-14H,(H,26,28)/b25-14+. The van der Waals surface area contributed by atoms with Crippen LogP contribution in [0.3, 0.4) is 0 Å². The van der Waals surface area contributed by atoms with Crippen molar-refractivity contribution in [2.75, 3.05) is 0 Å². The molecule has 29 heavy (non-hydrogen) atoms. The Hall–Kier alpha value is -3.70. The van der Waals surface area contributed by atoms with E-state index in [4.69, 9.17) is 16.0 Å². The molecule has 0 aliphatic heterocycles. The smallest absolute Gasteiger partial charge is 0.271 e. The summed E-state index contributed by atoms with van der Waals surface area (Å²) in [6.45, 7) is 0. The lowest BCUT2D eigenvalue weighted by molar-refractivity contribution is 0.0955. The molecule has 1 aromatic heterocycles. The van der Waals surface area contributed by atoms with E-state index >= 15 is 0 Å². The highest BCUT2D eigenvalue weighted by atomic mass is 35.5. The first-order valence-corrected chi connectivity index (χ1v) is 9.20. The van der Waals surface area contributed by atoms with E-state index in [0.717, 1.165) is 5.56 Å². The molecule has 0 bridgehead atoms. The molecule has 4 aromatic rings. The van der Waals surface area contributed by atoms with E-state index < -0.39 is 0 Å². The molecule has 0 aliphatic carbocycles. The number of hydrazone groups is 1. The van der Waals surface area contributed by atoms with Crippen molar-refractivity contribution in [3.8, 4) is 11.3 Å². The Morgan fingerprint density at radius 3 is 2.55 bits per heavy atom. The number of carbonyl (C=O) groups is 1. The van der Waals surface area contributed by atoms with Gasteiger partial charge in [-0.3, -0.25) is 9.59 Å². The van der Waals surface area contributed by atoms with Gasteiger partial charge in [-0.05, 0) is 42.0 Å². The number of hydrogen-bond acceptors (Lipinski definition) is 4. The molecule has 3 aromatic carbocycles. The number of halogens is 1. The van der Waals surface area contributed by atoms with E-state index in [1.807, 2.05) is 12.1 Å². The van der Waals surface area contributed by atoms with E-state index in [0.29, 0.717) is 32.9 Å². The Kier molecular flexibility index (Phi) is 5.22. The largest absolute Gasteiger partial charge is 0.456 e. The van der Waals surface area contributed by atoms with Crippen molar-refractivity contribution >= 4 is 34.7 Å². The molecule has 5 nitrogen and oxygen atoms in total. The quantitative estimate of drug-likeness (QED) is 0.390. The first-order valence-electron chi connectivity index (χ1n) is 8.82. The topological polar surface area (TPSA) is 71.7 Å². The summed E-state index contributed by atoms with van der Waals surface area (Å²) >= 11 is 5.91. The van der Waals surface area contributed by atoms with Crippen LogP contribution in [0.1, 0.15) is 15.9 Å². The lowest BCUT2D eigenvalue weighted by atomic mass is 10.1. The van der Waals surface area contributed by atoms with Gasteiger partial charge in [0.2, 0.25) is 0 Å². The van der Waals surface area contributed by atoms with Crippen LogP contribution in [0.2, 0.25) is 5.02 Å². The number of fused-ring (bicyclic) bond motifs is 1. The van der Waals surface area contributed by atoms with E-state index in [-0.39, 0.29) is 11.3 Å². The second kappa shape index (κ2) is 8.12. The molecule has 0 saturated heterocycles. The van der Waals surface area contributed by atoms with Gasteiger partial charge < -0.3 is 4.42 Å². The summed E-state index contributed by atoms with van der Waals surface area (Å²) in [6.07, 6.45) is 1.52. The number of hydrogen-bond donors (Lipinski definition) is 1. The fraction of sp³-hybridized carbons (Fsp3) is 0. The van der Waals surface area contributed by atoms with Crippen LogP contribution in [-0.4, -0.2) is 12.1 Å². The number of carbonyl (C=O) groups excluding carboxylic acids is 1. The first-order chi connectivity index (χ1) is 14.1. The summed E-state index contributed by atoms with van der Waals surface area (Å²) in [4.78, 5) is 24.5. The van der Waals surface area contributed by atoms with Crippen LogP contribution < -0.4 is 10.9 Å². The minimum absolute atomic E-state index is 0.112. The predicted molar refractivity (Wildman–Crippen MR) is 114 cm³/mol. The maximum absolute atomic E-state index is 12.3. The Bertz CT molecular complexity index is 1280. The van der Waals surface area contributed by atoms with Gasteiger partial charge in [-0.15, -0.1) is 0 Å². The van der Waals surface area contributed by atoms with Crippen LogP contribution in [0.5, 0.6) is 0 Å². The van der Waals surface area contributed by atoms with Gasteiger partial charge in [0.25, 0.3) is 5.91 Å². The normalized spacial score (nSPS) is 11.1. The summed E-state index contributed by atoms with van der Waals surface area (Å²) in [5.41, 5.74) is 4.79. The molecule has 0 saturated carbocycles. The van der Waals surface area contributed by atoms with Gasteiger partial charge in [0.15, 0.2) is 5.43 Å². The molecule has 0 aliphatic rings. The molecule has 6 heteroatoms. The number of nitrogens with one attached hydrogen (secondary N) is 1. The number of para-hydroxylation sites is 1. The minimum atomic E-state index is -0.352. The molecule has 0 atom stereocenters. The van der Waals surface area contributed by atoms with Crippen molar-refractivity contribution in [2.45, 2.75) is 0 Å². The van der Waals surface area contributed by atoms with Gasteiger partial charge >= 0.3 is 0 Å². The van der Waals surface area contributed by atoms with E-state index in [9.17, 15) is 9.59 Å². The summed E-state index contributed by atoms with van der Waals surface area (Å²) < 4.78 is 5.82. The van der Waals surface area contributed by atoms with Crippen molar-refractivity contribution in [1.82, 2.24) is 5.43 Å². The average molecular weight is 403 g/mol. The van der Waals surface area contributed by atoms with Gasteiger partial charge in [-0.2, -0.15) is 5.10 Å². The van der Waals surface area contributed by atoms with Crippen LogP contribution in [0.25, 0.3) is 22.3 Å². The van der Waals surface area contributed by atoms with Crippen LogP contribution in [0, 0.1) is 0 Å². The zero-order valence-electron chi connectivity index (χ0n) is 15.1. The lowest BCUT2D eigenvalue weighted by Crippen LogP contribution is -2.17. The summed E-state index contributed by atoms with van der Waals surface area (Å²) in [6, 6.07) is 22.4. The average Bonchev–Trinajstić information content (AvgIpc) is 2.74. The Morgan fingerprint density at radius 1 is 0.966 bits per heavy atom. The minimum Gasteiger partial charge on any atom is -0.456 e. The van der Waals surface area contributed by atoms with E-state index in [1.165, 1.54) is 12.3 Å². The highest BCUT2D eigenvalue weighted by Crippen LogP contribution is 2.22. The fourth-order valence-electron chi connectivity index (χ4n) is 2.85. The molecule has 1 heterocycles. The van der Waals surface area contributed by atoms with E-state index in [1.54, 1.807) is 60.7 Å². The number of rotatable bonds is 4. The van der Waals surface area contributed by atoms with Crippen LogP contribution in [0.4, 0.5) is 0 Å². The van der Waals surface area contributed by atoms with Crippen LogP contribution in [0.15, 0.2) is 93.2 Å². The van der Waals surface area contributed by atoms with Gasteiger partial charge in [0.05, 0.1) is 11.6 Å². The van der Waals surface area contributed by atoms with Crippen molar-refractivity contribution in [2.24, 2.45) is 5.10 Å². The van der Waals surface area contributed by atoms with Crippen molar-refractivity contribution in [1.29, 1.82) is 0 Å². The van der Waals surface area contributed by atoms with Gasteiger partial charge in [-0.25, -0.2) is 5.43 Å². The van der Waals surface area contributed by atoms with Crippen LogP contribution >= 0.6 is 11.6 Å². The van der Waals surface area contributed by atoms with Crippen molar-refractivity contribution < 1.29 is 9.21 Å². The van der Waals surface area contributed by atoms with Crippen LogP contribution in [-0.2, 0) is 0 Å². The van der Waals surface area contributed by atoms with Gasteiger partial charge in [-0.1, -0.05) is 48.0 Å². The highest BCUT2D eigenvalue weighted by Gasteiger charge is 2.09. The fourth-order valence-corrected chi connectivity index (χ4v) is 3.05. The van der Waals surface area contributed by atoms with Gasteiger partial charge in [0, 0.05) is 22.2 Å². The third kappa shape index (κ3) is 4.25. The molecular weight excluding hydrogens is 388 g/mol. The lowest BCUT2D eigenvalue weighted by Gasteiger charge is -2.05.